The van der Waals surface area contributed by atoms with E-state index in [4.69, 9.17) is 4.42 Å². The van der Waals surface area contributed by atoms with Crippen LogP contribution in [0.2, 0.25) is 0 Å². The molecule has 0 amide bonds. The molecule has 0 aliphatic heterocycles. The first-order chi connectivity index (χ1) is 9.47. The van der Waals surface area contributed by atoms with Crippen LogP contribution >= 0.6 is 0 Å². The van der Waals surface area contributed by atoms with Crippen LogP contribution < -0.4 is 0 Å². The molecule has 0 radical (unpaired) electrons. The summed E-state index contributed by atoms with van der Waals surface area (Å²) < 4.78 is 5.30. The van der Waals surface area contributed by atoms with Gasteiger partial charge in [-0.1, -0.05) is 6.07 Å². The van der Waals surface area contributed by atoms with Crippen molar-refractivity contribution in [1.29, 1.82) is 0 Å². The van der Waals surface area contributed by atoms with Crippen LogP contribution in [-0.2, 0) is 6.54 Å². The monoisotopic (exact) mass is 271 g/mol. The Labute approximate surface area is 120 Å². The average Bonchev–Trinajstić information content (AvgIpc) is 2.86. The molecular weight excluding hydrogens is 250 g/mol. The van der Waals surface area contributed by atoms with Gasteiger partial charge in [-0.25, -0.2) is 0 Å². The van der Waals surface area contributed by atoms with Crippen molar-refractivity contribution in [1.82, 2.24) is 4.90 Å². The van der Waals surface area contributed by atoms with E-state index in [1.54, 1.807) is 6.26 Å². The van der Waals surface area contributed by atoms with E-state index in [-0.39, 0.29) is 5.78 Å². The highest BCUT2D eigenvalue weighted by atomic mass is 16.3. The van der Waals surface area contributed by atoms with Gasteiger partial charge >= 0.3 is 0 Å². The molecule has 1 aromatic carbocycles. The summed E-state index contributed by atoms with van der Waals surface area (Å²) >= 11 is 0. The Balaban J connectivity index is 2.06. The smallest absolute Gasteiger partial charge is 0.177 e. The first-order valence-corrected chi connectivity index (χ1v) is 6.79. The Morgan fingerprint density at radius 1 is 1.15 bits per heavy atom. The minimum atomic E-state index is 0.152. The zero-order valence-electron chi connectivity index (χ0n) is 12.6. The predicted molar refractivity (Wildman–Crippen MR) is 80.0 cm³/mol. The van der Waals surface area contributed by atoms with Crippen molar-refractivity contribution in [3.63, 3.8) is 0 Å². The molecule has 0 unspecified atom stereocenters. The van der Waals surface area contributed by atoms with Crippen LogP contribution in [0.5, 0.6) is 0 Å². The lowest BCUT2D eigenvalue weighted by atomic mass is 9.98. The molecule has 1 aromatic heterocycles. The quantitative estimate of drug-likeness (QED) is 0.780. The lowest BCUT2D eigenvalue weighted by Crippen LogP contribution is -2.26. The largest absolute Gasteiger partial charge is 0.468 e. The number of nitrogens with zero attached hydrogens (tertiary/aromatic N) is 1. The number of hydrogen-bond donors (Lipinski definition) is 0. The molecule has 0 aliphatic rings. The fourth-order valence-corrected chi connectivity index (χ4v) is 2.32. The summed E-state index contributed by atoms with van der Waals surface area (Å²) in [6.45, 7) is 7.14. The summed E-state index contributed by atoms with van der Waals surface area (Å²) in [5.41, 5.74) is 4.25. The fraction of sp³-hybridized carbons (Fsp3) is 0.353. The standard InChI is InChI=1S/C17H21NO2/c1-12-8-14(3)16(9-13(12)2)17(19)11-18(4)10-15-6-5-7-20-15/h5-9H,10-11H2,1-4H3. The summed E-state index contributed by atoms with van der Waals surface area (Å²) in [4.78, 5) is 14.4. The number of carbonyl (C=O) groups excluding carboxylic acids is 1. The van der Waals surface area contributed by atoms with Gasteiger partial charge in [-0.3, -0.25) is 9.69 Å². The first kappa shape index (κ1) is 14.5. The highest BCUT2D eigenvalue weighted by Crippen LogP contribution is 2.16. The average molecular weight is 271 g/mol. The third-order valence-electron chi connectivity index (χ3n) is 3.56. The van der Waals surface area contributed by atoms with Gasteiger partial charge in [0.15, 0.2) is 5.78 Å². The maximum atomic E-state index is 12.4. The topological polar surface area (TPSA) is 33.5 Å². The van der Waals surface area contributed by atoms with E-state index in [2.05, 4.69) is 13.0 Å². The number of ketones is 1. The van der Waals surface area contributed by atoms with E-state index >= 15 is 0 Å². The van der Waals surface area contributed by atoms with Crippen molar-refractivity contribution >= 4 is 5.78 Å². The predicted octanol–water partition coefficient (Wildman–Crippen LogP) is 3.52. The molecule has 2 rings (SSSR count). The van der Waals surface area contributed by atoms with Crippen LogP contribution in [0.3, 0.4) is 0 Å². The molecule has 0 saturated carbocycles. The highest BCUT2D eigenvalue weighted by molar-refractivity contribution is 5.99. The van der Waals surface area contributed by atoms with Gasteiger partial charge in [0.2, 0.25) is 0 Å². The van der Waals surface area contributed by atoms with E-state index in [0.717, 1.165) is 22.5 Å². The van der Waals surface area contributed by atoms with Crippen LogP contribution in [0.15, 0.2) is 34.9 Å². The maximum Gasteiger partial charge on any atom is 0.177 e. The summed E-state index contributed by atoms with van der Waals surface area (Å²) in [7, 11) is 1.93. The van der Waals surface area contributed by atoms with Gasteiger partial charge in [0.1, 0.15) is 5.76 Å². The minimum absolute atomic E-state index is 0.152. The lowest BCUT2D eigenvalue weighted by molar-refractivity contribution is 0.0939. The number of rotatable bonds is 5. The van der Waals surface area contributed by atoms with Crippen molar-refractivity contribution in [2.24, 2.45) is 0 Å². The molecule has 2 aromatic rings. The van der Waals surface area contributed by atoms with Gasteiger partial charge in [-0.15, -0.1) is 0 Å². The Hall–Kier alpha value is -1.87. The van der Waals surface area contributed by atoms with E-state index in [1.807, 2.05) is 44.0 Å². The van der Waals surface area contributed by atoms with Crippen molar-refractivity contribution in [2.75, 3.05) is 13.6 Å². The van der Waals surface area contributed by atoms with E-state index in [1.165, 1.54) is 5.56 Å². The van der Waals surface area contributed by atoms with Crippen LogP contribution in [0.4, 0.5) is 0 Å². The molecule has 0 spiro atoms. The van der Waals surface area contributed by atoms with Crippen LogP contribution in [0.1, 0.15) is 32.8 Å². The van der Waals surface area contributed by atoms with Crippen LogP contribution in [0, 0.1) is 20.8 Å². The summed E-state index contributed by atoms with van der Waals surface area (Å²) in [6.07, 6.45) is 1.65. The second-order valence-electron chi connectivity index (χ2n) is 5.43. The Morgan fingerprint density at radius 2 is 1.85 bits per heavy atom. The van der Waals surface area contributed by atoms with Gasteiger partial charge < -0.3 is 4.42 Å². The minimum Gasteiger partial charge on any atom is -0.468 e. The third-order valence-corrected chi connectivity index (χ3v) is 3.56. The Kier molecular flexibility index (Phi) is 4.40. The second kappa shape index (κ2) is 6.06. The highest BCUT2D eigenvalue weighted by Gasteiger charge is 2.13. The molecule has 0 N–H and O–H groups in total. The number of likely N-dealkylation sites (N-methyl/N-ethyl adjacent to an activating group) is 1. The van der Waals surface area contributed by atoms with Crippen LogP contribution in [-0.4, -0.2) is 24.3 Å². The molecule has 1 heterocycles. The summed E-state index contributed by atoms with van der Waals surface area (Å²) in [5.74, 6) is 1.02. The lowest BCUT2D eigenvalue weighted by Gasteiger charge is -2.16. The molecule has 0 bridgehead atoms. The van der Waals surface area contributed by atoms with Gasteiger partial charge in [-0.05, 0) is 62.7 Å². The van der Waals surface area contributed by atoms with Crippen LogP contribution in [0.25, 0.3) is 0 Å². The number of carbonyl (C=O) groups is 1. The van der Waals surface area contributed by atoms with E-state index < -0.39 is 0 Å². The Morgan fingerprint density at radius 3 is 2.50 bits per heavy atom. The molecule has 0 fully saturated rings. The van der Waals surface area contributed by atoms with Crippen molar-refractivity contribution < 1.29 is 9.21 Å². The van der Waals surface area contributed by atoms with Gasteiger partial charge in [0.25, 0.3) is 0 Å². The third kappa shape index (κ3) is 3.36. The zero-order chi connectivity index (χ0) is 14.7. The molecule has 0 saturated heterocycles. The molecule has 20 heavy (non-hydrogen) atoms. The number of hydrogen-bond acceptors (Lipinski definition) is 3. The number of furan rings is 1. The number of Topliss-reactive ketones (excluding diaryl/α,β-unsaturated/α-hetero) is 1. The van der Waals surface area contributed by atoms with E-state index in [0.29, 0.717) is 13.1 Å². The summed E-state index contributed by atoms with van der Waals surface area (Å²) in [5, 5.41) is 0. The maximum absolute atomic E-state index is 12.4. The van der Waals surface area contributed by atoms with Gasteiger partial charge in [-0.2, -0.15) is 0 Å². The van der Waals surface area contributed by atoms with Crippen molar-refractivity contribution in [3.8, 4) is 0 Å². The first-order valence-electron chi connectivity index (χ1n) is 6.79. The second-order valence-corrected chi connectivity index (χ2v) is 5.43. The summed E-state index contributed by atoms with van der Waals surface area (Å²) in [6, 6.07) is 7.85. The fourth-order valence-electron chi connectivity index (χ4n) is 2.32. The molecule has 3 heteroatoms. The number of aryl methyl sites for hydroxylation is 3. The number of benzene rings is 1. The molecular formula is C17H21NO2. The molecule has 106 valence electrons. The van der Waals surface area contributed by atoms with Gasteiger partial charge in [0.05, 0.1) is 19.4 Å². The molecule has 0 aliphatic carbocycles. The normalized spacial score (nSPS) is 11.1. The Bertz CT molecular complexity index is 600. The van der Waals surface area contributed by atoms with Gasteiger partial charge in [0, 0.05) is 5.56 Å². The molecule has 3 nitrogen and oxygen atoms in total. The zero-order valence-corrected chi connectivity index (χ0v) is 12.6. The van der Waals surface area contributed by atoms with Crippen molar-refractivity contribution in [2.45, 2.75) is 27.3 Å². The van der Waals surface area contributed by atoms with E-state index in [9.17, 15) is 4.79 Å². The SMILES string of the molecule is Cc1cc(C)c(C(=O)CN(C)Cc2ccco2)cc1C. The van der Waals surface area contributed by atoms with Crippen molar-refractivity contribution in [3.05, 3.63) is 58.5 Å². The molecule has 0 atom stereocenters.